The van der Waals surface area contributed by atoms with Crippen LogP contribution in [0.2, 0.25) is 10.0 Å². The van der Waals surface area contributed by atoms with Crippen LogP contribution in [0.1, 0.15) is 5.56 Å². The van der Waals surface area contributed by atoms with Crippen LogP contribution in [-0.4, -0.2) is 4.98 Å². The standard InChI is InChI=1S/C12H9BrCl2N2/c1-7-4-12(16-6-9(7)13)17-8-2-3-10(14)11(15)5-8/h2-6H,1H3,(H,16,17). The Balaban J connectivity index is 2.25. The topological polar surface area (TPSA) is 24.9 Å². The molecule has 1 N–H and O–H groups in total. The number of aromatic nitrogens is 1. The van der Waals surface area contributed by atoms with Gasteiger partial charge in [0.05, 0.1) is 10.0 Å². The SMILES string of the molecule is Cc1cc(Nc2ccc(Cl)c(Cl)c2)ncc1Br. The minimum Gasteiger partial charge on any atom is -0.340 e. The quantitative estimate of drug-likeness (QED) is 0.817. The molecule has 0 saturated heterocycles. The molecule has 0 unspecified atom stereocenters. The number of anilines is 2. The van der Waals surface area contributed by atoms with E-state index >= 15 is 0 Å². The van der Waals surface area contributed by atoms with Gasteiger partial charge in [-0.05, 0) is 52.7 Å². The van der Waals surface area contributed by atoms with Gasteiger partial charge >= 0.3 is 0 Å². The normalized spacial score (nSPS) is 10.4. The number of nitrogens with one attached hydrogen (secondary N) is 1. The molecule has 0 aliphatic heterocycles. The van der Waals surface area contributed by atoms with Gasteiger partial charge in [-0.25, -0.2) is 4.98 Å². The fourth-order valence-corrected chi connectivity index (χ4v) is 1.84. The van der Waals surface area contributed by atoms with E-state index in [2.05, 4.69) is 26.2 Å². The summed E-state index contributed by atoms with van der Waals surface area (Å²) in [6.45, 7) is 2.01. The Morgan fingerprint density at radius 1 is 1.18 bits per heavy atom. The van der Waals surface area contributed by atoms with Crippen LogP contribution in [0.4, 0.5) is 11.5 Å². The molecule has 0 atom stereocenters. The van der Waals surface area contributed by atoms with Gasteiger partial charge in [-0.1, -0.05) is 23.2 Å². The highest BCUT2D eigenvalue weighted by molar-refractivity contribution is 9.10. The van der Waals surface area contributed by atoms with E-state index in [1.165, 1.54) is 0 Å². The van der Waals surface area contributed by atoms with Crippen molar-refractivity contribution in [3.05, 3.63) is 50.5 Å². The van der Waals surface area contributed by atoms with E-state index in [0.717, 1.165) is 21.5 Å². The third kappa shape index (κ3) is 3.12. The van der Waals surface area contributed by atoms with Crippen LogP contribution >= 0.6 is 39.1 Å². The zero-order valence-corrected chi connectivity index (χ0v) is 12.1. The largest absolute Gasteiger partial charge is 0.340 e. The molecule has 0 saturated carbocycles. The molecule has 88 valence electrons. The lowest BCUT2D eigenvalue weighted by molar-refractivity contribution is 1.25. The van der Waals surface area contributed by atoms with E-state index in [1.54, 1.807) is 18.3 Å². The van der Waals surface area contributed by atoms with Gasteiger partial charge in [0.1, 0.15) is 5.82 Å². The Morgan fingerprint density at radius 2 is 1.94 bits per heavy atom. The van der Waals surface area contributed by atoms with Gasteiger partial charge < -0.3 is 5.32 Å². The molecular weight excluding hydrogens is 323 g/mol. The van der Waals surface area contributed by atoms with E-state index in [-0.39, 0.29) is 0 Å². The highest BCUT2D eigenvalue weighted by Gasteiger charge is 2.02. The van der Waals surface area contributed by atoms with Gasteiger partial charge in [0.15, 0.2) is 0 Å². The second-order valence-electron chi connectivity index (χ2n) is 3.57. The Morgan fingerprint density at radius 3 is 2.59 bits per heavy atom. The minimum absolute atomic E-state index is 0.519. The number of benzene rings is 1. The zero-order valence-electron chi connectivity index (χ0n) is 8.97. The van der Waals surface area contributed by atoms with Crippen LogP contribution in [0, 0.1) is 6.92 Å². The average Bonchev–Trinajstić information content (AvgIpc) is 2.29. The number of hydrogen-bond donors (Lipinski definition) is 1. The number of halogens is 3. The van der Waals surface area contributed by atoms with Gasteiger partial charge in [-0.2, -0.15) is 0 Å². The van der Waals surface area contributed by atoms with Gasteiger partial charge in [0.2, 0.25) is 0 Å². The zero-order chi connectivity index (χ0) is 12.4. The molecule has 1 aromatic heterocycles. The lowest BCUT2D eigenvalue weighted by Crippen LogP contribution is -1.94. The van der Waals surface area contributed by atoms with Crippen LogP contribution in [0.5, 0.6) is 0 Å². The van der Waals surface area contributed by atoms with E-state index in [9.17, 15) is 0 Å². The third-order valence-corrected chi connectivity index (χ3v) is 3.81. The van der Waals surface area contributed by atoms with Gasteiger partial charge in [-0.3, -0.25) is 0 Å². The second-order valence-corrected chi connectivity index (χ2v) is 5.24. The summed E-state index contributed by atoms with van der Waals surface area (Å²) in [4.78, 5) is 4.25. The minimum atomic E-state index is 0.519. The molecular formula is C12H9BrCl2N2. The number of aryl methyl sites for hydroxylation is 1. The number of nitrogens with zero attached hydrogens (tertiary/aromatic N) is 1. The first kappa shape index (κ1) is 12.7. The lowest BCUT2D eigenvalue weighted by atomic mass is 10.3. The highest BCUT2D eigenvalue weighted by Crippen LogP contribution is 2.27. The Bertz CT molecular complexity index is 509. The molecule has 2 nitrogen and oxygen atoms in total. The summed E-state index contributed by atoms with van der Waals surface area (Å²) in [6.07, 6.45) is 1.76. The average molecular weight is 332 g/mol. The summed E-state index contributed by atoms with van der Waals surface area (Å²) in [7, 11) is 0. The van der Waals surface area contributed by atoms with Crippen molar-refractivity contribution in [1.29, 1.82) is 0 Å². The monoisotopic (exact) mass is 330 g/mol. The Labute approximate surface area is 118 Å². The molecule has 0 bridgehead atoms. The van der Waals surface area contributed by atoms with Crippen molar-refractivity contribution in [3.8, 4) is 0 Å². The molecule has 0 aliphatic carbocycles. The molecule has 17 heavy (non-hydrogen) atoms. The maximum atomic E-state index is 5.94. The summed E-state index contributed by atoms with van der Waals surface area (Å²) in [6, 6.07) is 7.32. The van der Waals surface area contributed by atoms with Gasteiger partial charge in [0.25, 0.3) is 0 Å². The second kappa shape index (κ2) is 5.25. The molecule has 0 spiro atoms. The number of pyridine rings is 1. The maximum Gasteiger partial charge on any atom is 0.130 e. The van der Waals surface area contributed by atoms with E-state index in [0.29, 0.717) is 10.0 Å². The molecule has 2 aromatic rings. The fourth-order valence-electron chi connectivity index (χ4n) is 1.33. The van der Waals surface area contributed by atoms with Crippen molar-refractivity contribution in [2.24, 2.45) is 0 Å². The van der Waals surface area contributed by atoms with Gasteiger partial charge in [0, 0.05) is 16.4 Å². The summed E-state index contributed by atoms with van der Waals surface area (Å²) in [5.74, 6) is 0.768. The molecule has 0 aliphatic rings. The number of rotatable bonds is 2. The first-order chi connectivity index (χ1) is 8.06. The van der Waals surface area contributed by atoms with Crippen molar-refractivity contribution in [1.82, 2.24) is 4.98 Å². The molecule has 5 heteroatoms. The van der Waals surface area contributed by atoms with E-state index in [4.69, 9.17) is 23.2 Å². The predicted octanol–water partition coefficient (Wildman–Crippen LogP) is 5.20. The van der Waals surface area contributed by atoms with Gasteiger partial charge in [-0.15, -0.1) is 0 Å². The van der Waals surface area contributed by atoms with Crippen molar-refractivity contribution in [2.45, 2.75) is 6.92 Å². The summed E-state index contributed by atoms with van der Waals surface area (Å²) in [5.41, 5.74) is 1.97. The van der Waals surface area contributed by atoms with Crippen LogP contribution in [0.15, 0.2) is 34.9 Å². The van der Waals surface area contributed by atoms with Crippen LogP contribution in [0.25, 0.3) is 0 Å². The van der Waals surface area contributed by atoms with Crippen LogP contribution < -0.4 is 5.32 Å². The molecule has 0 amide bonds. The van der Waals surface area contributed by atoms with Crippen molar-refractivity contribution >= 4 is 50.6 Å². The molecule has 1 aromatic carbocycles. The number of hydrogen-bond acceptors (Lipinski definition) is 2. The summed E-state index contributed by atoms with van der Waals surface area (Å²) < 4.78 is 0.984. The van der Waals surface area contributed by atoms with Crippen molar-refractivity contribution in [3.63, 3.8) is 0 Å². The smallest absolute Gasteiger partial charge is 0.130 e. The van der Waals surface area contributed by atoms with E-state index < -0.39 is 0 Å². The summed E-state index contributed by atoms with van der Waals surface area (Å²) >= 11 is 15.2. The van der Waals surface area contributed by atoms with Crippen molar-refractivity contribution < 1.29 is 0 Å². The lowest BCUT2D eigenvalue weighted by Gasteiger charge is -2.08. The van der Waals surface area contributed by atoms with Crippen LogP contribution in [-0.2, 0) is 0 Å². The Hall–Kier alpha value is -0.770. The maximum absolute atomic E-state index is 5.94. The fraction of sp³-hybridized carbons (Fsp3) is 0.0833. The summed E-state index contributed by atoms with van der Waals surface area (Å²) in [5, 5.41) is 4.22. The first-order valence-corrected chi connectivity index (χ1v) is 6.45. The van der Waals surface area contributed by atoms with Crippen molar-refractivity contribution in [2.75, 3.05) is 5.32 Å². The predicted molar refractivity (Wildman–Crippen MR) is 76.4 cm³/mol. The molecule has 1 heterocycles. The first-order valence-electron chi connectivity index (χ1n) is 4.90. The van der Waals surface area contributed by atoms with Crippen LogP contribution in [0.3, 0.4) is 0 Å². The third-order valence-electron chi connectivity index (χ3n) is 2.24. The molecule has 0 fully saturated rings. The van der Waals surface area contributed by atoms with E-state index in [1.807, 2.05) is 19.1 Å². The molecule has 0 radical (unpaired) electrons. The molecule has 2 rings (SSSR count). The highest BCUT2D eigenvalue weighted by atomic mass is 79.9. The Kier molecular flexibility index (Phi) is 3.92.